The van der Waals surface area contributed by atoms with Gasteiger partial charge in [0.05, 0.1) is 21.5 Å². The van der Waals surface area contributed by atoms with Crippen molar-refractivity contribution in [1.82, 2.24) is 10.3 Å². The Bertz CT molecular complexity index is 1020. The van der Waals surface area contributed by atoms with Crippen molar-refractivity contribution in [2.24, 2.45) is 0 Å². The average molecular weight is 434 g/mol. The Balaban J connectivity index is 1.80. The number of fused-ring (bicyclic) bond motifs is 1. The minimum Gasteiger partial charge on any atom is -0.353 e. The smallest absolute Gasteiger partial charge is 0.260 e. The van der Waals surface area contributed by atoms with E-state index in [1.165, 1.54) is 28.0 Å². The maximum Gasteiger partial charge on any atom is 0.260 e. The lowest BCUT2D eigenvalue weighted by molar-refractivity contribution is -0.119. The third kappa shape index (κ3) is 4.84. The predicted molar refractivity (Wildman–Crippen MR) is 118 cm³/mol. The van der Waals surface area contributed by atoms with Crippen LogP contribution in [-0.2, 0) is 4.79 Å². The van der Waals surface area contributed by atoms with Gasteiger partial charge in [0.1, 0.15) is 0 Å². The first-order valence-corrected chi connectivity index (χ1v) is 10.9. The minimum atomic E-state index is -0.169. The monoisotopic (exact) mass is 433 g/mol. The van der Waals surface area contributed by atoms with Crippen molar-refractivity contribution in [3.05, 3.63) is 53.1 Å². The average Bonchev–Trinajstić information content (AvgIpc) is 3.08. The number of nitrogens with one attached hydrogen (secondary N) is 1. The highest BCUT2D eigenvalue weighted by Gasteiger charge is 2.20. The number of aromatic nitrogens is 1. The molecule has 146 valence electrons. The molecular weight excluding hydrogens is 414 g/mol. The van der Waals surface area contributed by atoms with Crippen LogP contribution in [0.15, 0.2) is 47.4 Å². The number of amides is 2. The predicted octanol–water partition coefficient (Wildman–Crippen LogP) is 4.84. The number of thioether (sulfide) groups is 1. The van der Waals surface area contributed by atoms with E-state index in [0.29, 0.717) is 15.7 Å². The molecule has 0 atom stereocenters. The fourth-order valence-corrected chi connectivity index (χ4v) is 4.50. The van der Waals surface area contributed by atoms with Crippen LogP contribution in [0, 0.1) is 0 Å². The standard InChI is InChI=1S/C20H20ClN3O2S2/c1-12(2)22-18(25)11-27-16-7-5-4-6-14(16)19(26)24(3)20-23-15-10-13(21)8-9-17(15)28-20/h4-10,12H,11H2,1-3H3,(H,22,25). The minimum absolute atomic E-state index is 0.0568. The Morgan fingerprint density at radius 2 is 2.00 bits per heavy atom. The number of halogens is 1. The molecule has 0 aliphatic rings. The van der Waals surface area contributed by atoms with E-state index >= 15 is 0 Å². The third-order valence-corrected chi connectivity index (χ3v) is 6.28. The van der Waals surface area contributed by atoms with E-state index < -0.39 is 0 Å². The molecule has 3 aromatic rings. The van der Waals surface area contributed by atoms with E-state index in [9.17, 15) is 9.59 Å². The summed E-state index contributed by atoms with van der Waals surface area (Å²) in [6.07, 6.45) is 0. The molecule has 0 saturated carbocycles. The van der Waals surface area contributed by atoms with Crippen LogP contribution in [0.25, 0.3) is 10.2 Å². The number of benzene rings is 2. The summed E-state index contributed by atoms with van der Waals surface area (Å²) in [5, 5.41) is 4.06. The quantitative estimate of drug-likeness (QED) is 0.565. The van der Waals surface area contributed by atoms with E-state index in [4.69, 9.17) is 11.6 Å². The van der Waals surface area contributed by atoms with Gasteiger partial charge in [-0.15, -0.1) is 11.8 Å². The van der Waals surface area contributed by atoms with Gasteiger partial charge in [-0.3, -0.25) is 14.5 Å². The van der Waals surface area contributed by atoms with E-state index in [1.54, 1.807) is 19.2 Å². The van der Waals surface area contributed by atoms with Crippen LogP contribution in [0.5, 0.6) is 0 Å². The van der Waals surface area contributed by atoms with Gasteiger partial charge in [0.15, 0.2) is 5.13 Å². The van der Waals surface area contributed by atoms with Gasteiger partial charge >= 0.3 is 0 Å². The molecule has 0 aliphatic carbocycles. The molecule has 0 saturated heterocycles. The fraction of sp³-hybridized carbons (Fsp3) is 0.250. The molecule has 2 amide bonds. The van der Waals surface area contributed by atoms with Crippen LogP contribution in [0.4, 0.5) is 5.13 Å². The highest BCUT2D eigenvalue weighted by molar-refractivity contribution is 8.00. The number of rotatable bonds is 6. The van der Waals surface area contributed by atoms with Crippen LogP contribution in [0.3, 0.4) is 0 Å². The van der Waals surface area contributed by atoms with Gasteiger partial charge in [0.25, 0.3) is 5.91 Å². The van der Waals surface area contributed by atoms with E-state index in [2.05, 4.69) is 10.3 Å². The lowest BCUT2D eigenvalue weighted by Gasteiger charge is -2.16. The second-order valence-corrected chi connectivity index (χ2v) is 8.94. The van der Waals surface area contributed by atoms with Crippen molar-refractivity contribution < 1.29 is 9.59 Å². The number of carbonyl (C=O) groups is 2. The van der Waals surface area contributed by atoms with Crippen molar-refractivity contribution in [2.75, 3.05) is 17.7 Å². The van der Waals surface area contributed by atoms with Crippen LogP contribution in [0.2, 0.25) is 5.02 Å². The summed E-state index contributed by atoms with van der Waals surface area (Å²) in [7, 11) is 1.70. The second kappa shape index (κ2) is 8.94. The summed E-state index contributed by atoms with van der Waals surface area (Å²) in [5.41, 5.74) is 1.31. The Labute approximate surface area is 177 Å². The Kier molecular flexibility index (Phi) is 6.59. The van der Waals surface area contributed by atoms with Gasteiger partial charge in [0.2, 0.25) is 5.91 Å². The molecule has 8 heteroatoms. The van der Waals surface area contributed by atoms with Crippen LogP contribution < -0.4 is 10.2 Å². The third-order valence-electron chi connectivity index (χ3n) is 3.86. The SMILES string of the molecule is CC(C)NC(=O)CSc1ccccc1C(=O)N(C)c1nc2cc(Cl)ccc2s1. The van der Waals surface area contributed by atoms with Crippen molar-refractivity contribution >= 4 is 61.9 Å². The summed E-state index contributed by atoms with van der Waals surface area (Å²) in [6, 6.07) is 12.9. The maximum absolute atomic E-state index is 13.1. The summed E-state index contributed by atoms with van der Waals surface area (Å²) < 4.78 is 0.965. The van der Waals surface area contributed by atoms with Gasteiger partial charge in [-0.1, -0.05) is 35.1 Å². The van der Waals surface area contributed by atoms with Crippen molar-refractivity contribution in [1.29, 1.82) is 0 Å². The van der Waals surface area contributed by atoms with E-state index in [1.807, 2.05) is 44.2 Å². The Hall–Kier alpha value is -2.09. The molecule has 0 unspecified atom stereocenters. The van der Waals surface area contributed by atoms with Crippen molar-refractivity contribution in [3.8, 4) is 0 Å². The molecule has 2 aromatic carbocycles. The Morgan fingerprint density at radius 3 is 2.75 bits per heavy atom. The molecule has 0 radical (unpaired) electrons. The number of carbonyl (C=O) groups excluding carboxylic acids is 2. The normalized spacial score (nSPS) is 11.0. The van der Waals surface area contributed by atoms with Crippen LogP contribution >= 0.6 is 34.7 Å². The Morgan fingerprint density at radius 1 is 1.25 bits per heavy atom. The maximum atomic E-state index is 13.1. The molecule has 5 nitrogen and oxygen atoms in total. The molecule has 0 fully saturated rings. The lowest BCUT2D eigenvalue weighted by Crippen LogP contribution is -2.31. The largest absolute Gasteiger partial charge is 0.353 e. The molecular formula is C20H20ClN3O2S2. The molecule has 3 rings (SSSR count). The topological polar surface area (TPSA) is 62.3 Å². The first-order valence-electron chi connectivity index (χ1n) is 8.70. The second-order valence-electron chi connectivity index (χ2n) is 6.48. The van der Waals surface area contributed by atoms with Gasteiger partial charge in [-0.2, -0.15) is 0 Å². The zero-order valence-electron chi connectivity index (χ0n) is 15.7. The number of nitrogens with zero attached hydrogens (tertiary/aromatic N) is 2. The molecule has 1 N–H and O–H groups in total. The zero-order chi connectivity index (χ0) is 20.3. The van der Waals surface area contributed by atoms with Crippen LogP contribution in [0.1, 0.15) is 24.2 Å². The summed E-state index contributed by atoms with van der Waals surface area (Å²) >= 11 is 8.81. The fourth-order valence-electron chi connectivity index (χ4n) is 2.58. The van der Waals surface area contributed by atoms with Crippen molar-refractivity contribution in [2.45, 2.75) is 24.8 Å². The lowest BCUT2D eigenvalue weighted by atomic mass is 10.2. The molecule has 1 heterocycles. The van der Waals surface area contributed by atoms with Gasteiger partial charge < -0.3 is 5.32 Å². The van der Waals surface area contributed by atoms with Crippen LogP contribution in [-0.4, -0.2) is 35.6 Å². The van der Waals surface area contributed by atoms with E-state index in [0.717, 1.165) is 15.1 Å². The molecule has 1 aromatic heterocycles. The van der Waals surface area contributed by atoms with Gasteiger partial charge in [0, 0.05) is 23.0 Å². The highest BCUT2D eigenvalue weighted by atomic mass is 35.5. The van der Waals surface area contributed by atoms with E-state index in [-0.39, 0.29) is 23.6 Å². The van der Waals surface area contributed by atoms with Gasteiger partial charge in [-0.05, 0) is 44.2 Å². The molecule has 0 aliphatic heterocycles. The molecule has 0 bridgehead atoms. The first-order chi connectivity index (χ1) is 13.3. The number of hydrogen-bond acceptors (Lipinski definition) is 5. The number of thiazole rings is 1. The number of hydrogen-bond donors (Lipinski definition) is 1. The van der Waals surface area contributed by atoms with Gasteiger partial charge in [-0.25, -0.2) is 4.98 Å². The summed E-state index contributed by atoms with van der Waals surface area (Å²) in [5.74, 6) is 0.0300. The molecule has 0 spiro atoms. The zero-order valence-corrected chi connectivity index (χ0v) is 18.1. The number of anilines is 1. The highest BCUT2D eigenvalue weighted by Crippen LogP contribution is 2.32. The molecule has 28 heavy (non-hydrogen) atoms. The first kappa shape index (κ1) is 20.6. The van der Waals surface area contributed by atoms with Crippen molar-refractivity contribution in [3.63, 3.8) is 0 Å². The summed E-state index contributed by atoms with van der Waals surface area (Å²) in [6.45, 7) is 3.83. The summed E-state index contributed by atoms with van der Waals surface area (Å²) in [4.78, 5) is 31.9.